The van der Waals surface area contributed by atoms with Crippen molar-refractivity contribution >= 4 is 29.6 Å². The zero-order chi connectivity index (χ0) is 20.3. The molecule has 10 heteroatoms. The summed E-state index contributed by atoms with van der Waals surface area (Å²) in [5, 5.41) is 11.9. The van der Waals surface area contributed by atoms with E-state index in [0.717, 1.165) is 16.8 Å². The van der Waals surface area contributed by atoms with Gasteiger partial charge in [0.1, 0.15) is 11.4 Å². The summed E-state index contributed by atoms with van der Waals surface area (Å²) in [5.41, 5.74) is 1.76. The molecule has 1 aliphatic rings. The maximum absolute atomic E-state index is 12.8. The molecule has 28 heavy (non-hydrogen) atoms. The van der Waals surface area contributed by atoms with Gasteiger partial charge in [0.15, 0.2) is 5.16 Å². The van der Waals surface area contributed by atoms with Crippen LogP contribution in [0.3, 0.4) is 0 Å². The average Bonchev–Trinajstić information content (AvgIpc) is 3.14. The van der Waals surface area contributed by atoms with Crippen molar-refractivity contribution in [2.45, 2.75) is 31.1 Å². The zero-order valence-corrected chi connectivity index (χ0v) is 16.3. The number of thioether (sulfide) groups is 1. The van der Waals surface area contributed by atoms with E-state index in [1.807, 2.05) is 10.6 Å². The molecule has 1 saturated heterocycles. The molecule has 1 atom stereocenters. The Labute approximate surface area is 166 Å². The van der Waals surface area contributed by atoms with Gasteiger partial charge in [-0.2, -0.15) is 5.01 Å². The SMILES string of the molecule is C=CCn1c(C)nnc1SCC(=O)NN1C(=O)NC(C)(c2ccccc2)C1=O. The predicted molar refractivity (Wildman–Crippen MR) is 103 cm³/mol. The van der Waals surface area contributed by atoms with Gasteiger partial charge in [0.25, 0.3) is 5.91 Å². The standard InChI is InChI=1S/C18H20N6O3S/c1-4-10-23-12(2)20-21-17(23)28-11-14(25)22-24-15(26)18(3,19-16(24)27)13-8-6-5-7-9-13/h4-9H,1,10-11H2,2-3H3,(H,19,27)(H,22,25). The lowest BCUT2D eigenvalue weighted by atomic mass is 9.92. The number of benzene rings is 1. The molecule has 1 aromatic carbocycles. The van der Waals surface area contributed by atoms with E-state index in [9.17, 15) is 14.4 Å². The van der Waals surface area contributed by atoms with Gasteiger partial charge < -0.3 is 9.88 Å². The molecule has 9 nitrogen and oxygen atoms in total. The molecular weight excluding hydrogens is 380 g/mol. The van der Waals surface area contributed by atoms with Gasteiger partial charge in [0.2, 0.25) is 5.91 Å². The number of aryl methyl sites for hydroxylation is 1. The van der Waals surface area contributed by atoms with Gasteiger partial charge in [0.05, 0.1) is 5.75 Å². The molecule has 3 rings (SSSR count). The summed E-state index contributed by atoms with van der Waals surface area (Å²) in [6.07, 6.45) is 1.71. The van der Waals surface area contributed by atoms with Crippen molar-refractivity contribution in [1.29, 1.82) is 0 Å². The van der Waals surface area contributed by atoms with Gasteiger partial charge in [-0.1, -0.05) is 48.2 Å². The highest BCUT2D eigenvalue weighted by molar-refractivity contribution is 7.99. The van der Waals surface area contributed by atoms with E-state index in [-0.39, 0.29) is 5.75 Å². The van der Waals surface area contributed by atoms with E-state index in [1.165, 1.54) is 0 Å². The molecule has 0 saturated carbocycles. The van der Waals surface area contributed by atoms with Crippen LogP contribution in [0.15, 0.2) is 48.1 Å². The van der Waals surface area contributed by atoms with Crippen LogP contribution < -0.4 is 10.7 Å². The van der Waals surface area contributed by atoms with Crippen LogP contribution >= 0.6 is 11.8 Å². The Morgan fingerprint density at radius 2 is 2.04 bits per heavy atom. The van der Waals surface area contributed by atoms with Crippen molar-refractivity contribution in [3.8, 4) is 0 Å². The first-order valence-corrected chi connectivity index (χ1v) is 9.50. The van der Waals surface area contributed by atoms with Gasteiger partial charge in [-0.15, -0.1) is 16.8 Å². The molecule has 1 fully saturated rings. The monoisotopic (exact) mass is 400 g/mol. The van der Waals surface area contributed by atoms with E-state index in [4.69, 9.17) is 0 Å². The molecule has 2 N–H and O–H groups in total. The maximum atomic E-state index is 12.8. The van der Waals surface area contributed by atoms with Crippen LogP contribution in [0.25, 0.3) is 0 Å². The van der Waals surface area contributed by atoms with Crippen LogP contribution in [0.2, 0.25) is 0 Å². The minimum absolute atomic E-state index is 0.0333. The molecule has 0 bridgehead atoms. The molecule has 0 spiro atoms. The number of imide groups is 1. The largest absolute Gasteiger partial charge is 0.344 e. The molecule has 4 amide bonds. The quantitative estimate of drug-likeness (QED) is 0.413. The fourth-order valence-corrected chi connectivity index (χ4v) is 3.59. The summed E-state index contributed by atoms with van der Waals surface area (Å²) >= 11 is 1.16. The number of urea groups is 1. The highest BCUT2D eigenvalue weighted by atomic mass is 32.2. The third-order valence-corrected chi connectivity index (χ3v) is 5.29. The predicted octanol–water partition coefficient (Wildman–Crippen LogP) is 1.36. The van der Waals surface area contributed by atoms with Crippen LogP contribution in [0, 0.1) is 6.92 Å². The van der Waals surface area contributed by atoms with Gasteiger partial charge >= 0.3 is 6.03 Å². The Balaban J connectivity index is 1.65. The summed E-state index contributed by atoms with van der Waals surface area (Å²) in [4.78, 5) is 37.3. The van der Waals surface area contributed by atoms with Crippen LogP contribution in [-0.2, 0) is 21.7 Å². The minimum atomic E-state index is -1.24. The Kier molecular flexibility index (Phi) is 5.50. The molecule has 1 unspecified atom stereocenters. The van der Waals surface area contributed by atoms with E-state index >= 15 is 0 Å². The van der Waals surface area contributed by atoms with Gasteiger partial charge in [0, 0.05) is 6.54 Å². The van der Waals surface area contributed by atoms with Crippen molar-refractivity contribution in [2.24, 2.45) is 0 Å². The number of rotatable bonds is 7. The summed E-state index contributed by atoms with van der Waals surface area (Å²) in [6, 6.07) is 8.18. The lowest BCUT2D eigenvalue weighted by molar-refractivity contribution is -0.138. The van der Waals surface area contributed by atoms with Crippen molar-refractivity contribution < 1.29 is 14.4 Å². The van der Waals surface area contributed by atoms with Crippen molar-refractivity contribution in [1.82, 2.24) is 30.5 Å². The first kappa shape index (κ1) is 19.6. The van der Waals surface area contributed by atoms with E-state index < -0.39 is 23.4 Å². The third-order valence-electron chi connectivity index (χ3n) is 4.32. The molecular formula is C18H20N6O3S. The Hall–Kier alpha value is -3.14. The molecule has 1 aromatic heterocycles. The van der Waals surface area contributed by atoms with Crippen molar-refractivity contribution in [3.05, 3.63) is 54.4 Å². The summed E-state index contributed by atoms with van der Waals surface area (Å²) in [6.45, 7) is 7.61. The Bertz CT molecular complexity index is 929. The molecule has 0 radical (unpaired) electrons. The molecule has 2 aromatic rings. The zero-order valence-electron chi connectivity index (χ0n) is 15.5. The number of nitrogens with zero attached hydrogens (tertiary/aromatic N) is 4. The average molecular weight is 400 g/mol. The number of aromatic nitrogens is 3. The van der Waals surface area contributed by atoms with Gasteiger partial charge in [-0.3, -0.25) is 15.0 Å². The second kappa shape index (κ2) is 7.85. The first-order valence-electron chi connectivity index (χ1n) is 8.52. The normalized spacial score (nSPS) is 18.9. The van der Waals surface area contributed by atoms with E-state index in [0.29, 0.717) is 23.1 Å². The second-order valence-corrected chi connectivity index (χ2v) is 7.26. The fourth-order valence-electron chi connectivity index (χ4n) is 2.80. The molecule has 146 valence electrons. The molecule has 2 heterocycles. The van der Waals surface area contributed by atoms with E-state index in [1.54, 1.807) is 44.2 Å². The summed E-state index contributed by atoms with van der Waals surface area (Å²) < 4.78 is 1.81. The second-order valence-electron chi connectivity index (χ2n) is 6.31. The summed E-state index contributed by atoms with van der Waals surface area (Å²) in [7, 11) is 0. The first-order chi connectivity index (χ1) is 13.4. The van der Waals surface area contributed by atoms with E-state index in [2.05, 4.69) is 27.5 Å². The number of hydrogen-bond donors (Lipinski definition) is 2. The van der Waals surface area contributed by atoms with Crippen LogP contribution in [-0.4, -0.2) is 43.4 Å². The topological polar surface area (TPSA) is 109 Å². The lowest BCUT2D eigenvalue weighted by Crippen LogP contribution is -2.48. The smallest absolute Gasteiger partial charge is 0.318 e. The number of hydrazine groups is 1. The van der Waals surface area contributed by atoms with Crippen LogP contribution in [0.5, 0.6) is 0 Å². The summed E-state index contributed by atoms with van der Waals surface area (Å²) in [5.74, 6) is -0.381. The highest BCUT2D eigenvalue weighted by Gasteiger charge is 2.49. The van der Waals surface area contributed by atoms with Gasteiger partial charge in [-0.25, -0.2) is 4.79 Å². The third kappa shape index (κ3) is 3.63. The molecule has 0 aliphatic carbocycles. The number of allylic oxidation sites excluding steroid dienone is 1. The van der Waals surface area contributed by atoms with Crippen molar-refractivity contribution in [2.75, 3.05) is 5.75 Å². The van der Waals surface area contributed by atoms with Crippen molar-refractivity contribution in [3.63, 3.8) is 0 Å². The number of carbonyl (C=O) groups is 3. The number of hydrogen-bond acceptors (Lipinski definition) is 6. The van der Waals surface area contributed by atoms with Crippen LogP contribution in [0.4, 0.5) is 4.79 Å². The highest BCUT2D eigenvalue weighted by Crippen LogP contribution is 2.27. The number of amides is 4. The number of nitrogens with one attached hydrogen (secondary N) is 2. The maximum Gasteiger partial charge on any atom is 0.344 e. The number of carbonyl (C=O) groups excluding carboxylic acids is 3. The van der Waals surface area contributed by atoms with Crippen LogP contribution in [0.1, 0.15) is 18.3 Å². The Morgan fingerprint density at radius 3 is 2.71 bits per heavy atom. The van der Waals surface area contributed by atoms with Gasteiger partial charge in [-0.05, 0) is 19.4 Å². The lowest BCUT2D eigenvalue weighted by Gasteiger charge is -2.22. The Morgan fingerprint density at radius 1 is 1.32 bits per heavy atom. The molecule has 1 aliphatic heterocycles. The minimum Gasteiger partial charge on any atom is -0.318 e. The fraction of sp³-hybridized carbons (Fsp3) is 0.278.